The minimum Gasteiger partial charge on any atom is -0.436 e. The molecule has 0 atom stereocenters. The van der Waals surface area contributed by atoms with Crippen molar-refractivity contribution in [2.75, 3.05) is 5.32 Å². The van der Waals surface area contributed by atoms with Crippen molar-refractivity contribution >= 4 is 78.5 Å². The van der Waals surface area contributed by atoms with E-state index in [1.165, 1.54) is 0 Å². The van der Waals surface area contributed by atoms with Gasteiger partial charge in [-0.2, -0.15) is 0 Å². The van der Waals surface area contributed by atoms with Crippen LogP contribution in [0.2, 0.25) is 0 Å². The Hall–Kier alpha value is -2.30. The van der Waals surface area contributed by atoms with E-state index in [0.29, 0.717) is 32.7 Å². The van der Waals surface area contributed by atoms with Crippen molar-refractivity contribution in [3.63, 3.8) is 0 Å². The largest absolute Gasteiger partial charge is 0.436 e. The smallest absolute Gasteiger partial charge is 0.258 e. The van der Waals surface area contributed by atoms with Crippen molar-refractivity contribution in [1.82, 2.24) is 10.3 Å². The van der Waals surface area contributed by atoms with E-state index in [-0.39, 0.29) is 11.0 Å². The van der Waals surface area contributed by atoms with E-state index in [1.807, 2.05) is 48.5 Å². The molecule has 5 nitrogen and oxygen atoms in total. The average molecular weight is 578 g/mol. The van der Waals surface area contributed by atoms with Crippen LogP contribution in [0.1, 0.15) is 10.4 Å². The van der Waals surface area contributed by atoms with Gasteiger partial charge in [0.05, 0.1) is 5.56 Å². The summed E-state index contributed by atoms with van der Waals surface area (Å²) in [6.07, 6.45) is 0. The minimum absolute atomic E-state index is 0.200. The third-order valence-corrected chi connectivity index (χ3v) is 5.63. The summed E-state index contributed by atoms with van der Waals surface area (Å²) in [6.45, 7) is 0. The fourth-order valence-electron chi connectivity index (χ4n) is 2.73. The number of benzene rings is 3. The molecule has 1 amide bonds. The standard InChI is InChI=1S/C21H13BrIN3O2S/c22-16-7-2-1-6-15(16)19(27)26-21(29)24-14-8-9-18-17(11-14)25-20(28-18)12-4-3-5-13(23)10-12/h1-11H,(H2,24,26,27,29). The number of aromatic nitrogens is 1. The Labute approximate surface area is 194 Å². The quantitative estimate of drug-likeness (QED) is 0.231. The van der Waals surface area contributed by atoms with Crippen LogP contribution in [0, 0.1) is 3.57 Å². The summed E-state index contributed by atoms with van der Waals surface area (Å²) < 4.78 is 7.66. The average Bonchev–Trinajstić information content (AvgIpc) is 3.11. The molecule has 4 rings (SSSR count). The number of hydrogen-bond donors (Lipinski definition) is 2. The number of nitrogens with one attached hydrogen (secondary N) is 2. The molecule has 0 fully saturated rings. The van der Waals surface area contributed by atoms with Crippen LogP contribution in [-0.2, 0) is 0 Å². The Morgan fingerprint density at radius 3 is 2.69 bits per heavy atom. The Balaban J connectivity index is 1.50. The molecule has 0 spiro atoms. The molecule has 2 N–H and O–H groups in total. The van der Waals surface area contributed by atoms with Crippen LogP contribution in [0.15, 0.2) is 75.6 Å². The molecule has 1 heterocycles. The van der Waals surface area contributed by atoms with Crippen molar-refractivity contribution in [2.45, 2.75) is 0 Å². The first-order valence-electron chi connectivity index (χ1n) is 8.53. The van der Waals surface area contributed by atoms with Gasteiger partial charge in [-0.05, 0) is 99.3 Å². The van der Waals surface area contributed by atoms with Crippen molar-refractivity contribution in [3.05, 3.63) is 80.3 Å². The molecular weight excluding hydrogens is 565 g/mol. The first-order chi connectivity index (χ1) is 14.0. The summed E-state index contributed by atoms with van der Waals surface area (Å²) in [5.74, 6) is 0.263. The third-order valence-electron chi connectivity index (χ3n) is 4.06. The fraction of sp³-hybridized carbons (Fsp3) is 0. The zero-order valence-electron chi connectivity index (χ0n) is 14.8. The van der Waals surface area contributed by atoms with Gasteiger partial charge in [0.25, 0.3) is 5.91 Å². The van der Waals surface area contributed by atoms with Gasteiger partial charge >= 0.3 is 0 Å². The molecule has 8 heteroatoms. The summed E-state index contributed by atoms with van der Waals surface area (Å²) in [4.78, 5) is 16.9. The lowest BCUT2D eigenvalue weighted by molar-refractivity contribution is 0.0977. The highest BCUT2D eigenvalue weighted by Gasteiger charge is 2.12. The SMILES string of the molecule is O=C(NC(=S)Nc1ccc2oc(-c3cccc(I)c3)nc2c1)c1ccccc1Br. The first kappa shape index (κ1) is 20.0. The van der Waals surface area contributed by atoms with Gasteiger partial charge in [0, 0.05) is 19.3 Å². The highest BCUT2D eigenvalue weighted by atomic mass is 127. The highest BCUT2D eigenvalue weighted by Crippen LogP contribution is 2.27. The Kier molecular flexibility index (Phi) is 5.93. The normalized spacial score (nSPS) is 10.7. The molecule has 0 aliphatic rings. The number of nitrogens with zero attached hydrogens (tertiary/aromatic N) is 1. The number of amides is 1. The second-order valence-electron chi connectivity index (χ2n) is 6.10. The number of thiocarbonyl (C=S) groups is 1. The van der Waals surface area contributed by atoms with E-state index in [4.69, 9.17) is 16.6 Å². The van der Waals surface area contributed by atoms with E-state index in [0.717, 1.165) is 9.13 Å². The summed E-state index contributed by atoms with van der Waals surface area (Å²) in [7, 11) is 0. The van der Waals surface area contributed by atoms with E-state index in [1.54, 1.807) is 18.2 Å². The van der Waals surface area contributed by atoms with Crippen molar-refractivity contribution in [3.8, 4) is 11.5 Å². The third kappa shape index (κ3) is 4.65. The molecule has 0 radical (unpaired) electrons. The van der Waals surface area contributed by atoms with Gasteiger partial charge in [-0.25, -0.2) is 4.98 Å². The topological polar surface area (TPSA) is 67.2 Å². The van der Waals surface area contributed by atoms with Crippen molar-refractivity contribution in [1.29, 1.82) is 0 Å². The molecule has 0 bridgehead atoms. The summed E-state index contributed by atoms with van der Waals surface area (Å²) >= 11 is 10.9. The van der Waals surface area contributed by atoms with Gasteiger partial charge in [0.15, 0.2) is 10.7 Å². The summed E-state index contributed by atoms with van der Waals surface area (Å²) in [5, 5.41) is 5.89. The van der Waals surface area contributed by atoms with Gasteiger partial charge in [-0.15, -0.1) is 0 Å². The second kappa shape index (κ2) is 8.60. The molecule has 0 aliphatic heterocycles. The molecular formula is C21H13BrIN3O2S. The molecule has 0 saturated heterocycles. The summed E-state index contributed by atoms with van der Waals surface area (Å²) in [5.41, 5.74) is 3.50. The number of rotatable bonds is 3. The number of oxazole rings is 1. The number of hydrogen-bond acceptors (Lipinski definition) is 4. The van der Waals surface area contributed by atoms with Crippen LogP contribution in [0.25, 0.3) is 22.6 Å². The fourth-order valence-corrected chi connectivity index (χ4v) is 3.95. The van der Waals surface area contributed by atoms with Gasteiger partial charge in [0.2, 0.25) is 5.89 Å². The zero-order chi connectivity index (χ0) is 20.4. The van der Waals surface area contributed by atoms with E-state index < -0.39 is 0 Å². The van der Waals surface area contributed by atoms with Crippen LogP contribution in [0.5, 0.6) is 0 Å². The van der Waals surface area contributed by atoms with Crippen molar-refractivity contribution < 1.29 is 9.21 Å². The predicted octanol–water partition coefficient (Wildman–Crippen LogP) is 5.99. The number of anilines is 1. The molecule has 144 valence electrons. The molecule has 0 aliphatic carbocycles. The van der Waals surface area contributed by atoms with Crippen LogP contribution in [0.3, 0.4) is 0 Å². The van der Waals surface area contributed by atoms with Crippen LogP contribution >= 0.6 is 50.7 Å². The Morgan fingerprint density at radius 2 is 1.90 bits per heavy atom. The minimum atomic E-state index is -0.293. The molecule has 0 saturated carbocycles. The summed E-state index contributed by atoms with van der Waals surface area (Å²) in [6, 6.07) is 20.6. The van der Waals surface area contributed by atoms with Gasteiger partial charge in [0.1, 0.15) is 5.52 Å². The van der Waals surface area contributed by atoms with E-state index in [2.05, 4.69) is 54.1 Å². The molecule has 0 unspecified atom stereocenters. The first-order valence-corrected chi connectivity index (χ1v) is 10.8. The Bertz CT molecular complexity index is 1240. The maximum Gasteiger partial charge on any atom is 0.258 e. The monoisotopic (exact) mass is 577 g/mol. The van der Waals surface area contributed by atoms with Gasteiger partial charge in [-0.1, -0.05) is 18.2 Å². The molecule has 1 aromatic heterocycles. The van der Waals surface area contributed by atoms with Crippen molar-refractivity contribution in [2.24, 2.45) is 0 Å². The maximum atomic E-state index is 12.4. The van der Waals surface area contributed by atoms with Crippen LogP contribution < -0.4 is 10.6 Å². The molecule has 4 aromatic rings. The highest BCUT2D eigenvalue weighted by molar-refractivity contribution is 14.1. The number of halogens is 2. The lowest BCUT2D eigenvalue weighted by Crippen LogP contribution is -2.34. The van der Waals surface area contributed by atoms with Crippen LogP contribution in [0.4, 0.5) is 5.69 Å². The van der Waals surface area contributed by atoms with Gasteiger partial charge in [-0.3, -0.25) is 10.1 Å². The zero-order valence-corrected chi connectivity index (χ0v) is 19.3. The Morgan fingerprint density at radius 1 is 1.07 bits per heavy atom. The van der Waals surface area contributed by atoms with Gasteiger partial charge < -0.3 is 9.73 Å². The molecule has 3 aromatic carbocycles. The number of carbonyl (C=O) groups is 1. The van der Waals surface area contributed by atoms with E-state index in [9.17, 15) is 4.79 Å². The lowest BCUT2D eigenvalue weighted by atomic mass is 10.2. The second-order valence-corrected chi connectivity index (χ2v) is 8.61. The number of fused-ring (bicyclic) bond motifs is 1. The maximum absolute atomic E-state index is 12.4. The van der Waals surface area contributed by atoms with E-state index >= 15 is 0 Å². The molecule has 29 heavy (non-hydrogen) atoms. The lowest BCUT2D eigenvalue weighted by Gasteiger charge is -2.10. The predicted molar refractivity (Wildman–Crippen MR) is 130 cm³/mol. The van der Waals surface area contributed by atoms with Crippen LogP contribution in [-0.4, -0.2) is 16.0 Å². The number of carbonyl (C=O) groups excluding carboxylic acids is 1.